The van der Waals surface area contributed by atoms with E-state index >= 15 is 0 Å². The predicted octanol–water partition coefficient (Wildman–Crippen LogP) is 8.09. The third kappa shape index (κ3) is 2.98. The van der Waals surface area contributed by atoms with E-state index in [9.17, 15) is 0 Å². The molecule has 0 amide bonds. The number of aromatic nitrogens is 4. The Balaban J connectivity index is 1.23. The van der Waals surface area contributed by atoms with Crippen molar-refractivity contribution in [1.29, 1.82) is 0 Å². The number of hydrogen-bond donors (Lipinski definition) is 0. The Kier molecular flexibility index (Phi) is 4.62. The van der Waals surface area contributed by atoms with Crippen molar-refractivity contribution in [2.24, 2.45) is 5.92 Å². The second-order valence-corrected chi connectivity index (χ2v) is 14.4. The molecule has 0 saturated heterocycles. The van der Waals surface area contributed by atoms with Crippen molar-refractivity contribution in [3.8, 4) is 22.6 Å². The van der Waals surface area contributed by atoms with Gasteiger partial charge in [-0.15, -0.1) is 0 Å². The van der Waals surface area contributed by atoms with Crippen LogP contribution in [0.4, 0.5) is 0 Å². The quantitative estimate of drug-likeness (QED) is 0.196. The zero-order valence-electron chi connectivity index (χ0n) is 26.3. The van der Waals surface area contributed by atoms with E-state index in [1.165, 1.54) is 76.8 Å². The average Bonchev–Trinajstić information content (AvgIpc) is 3.56. The van der Waals surface area contributed by atoms with Crippen LogP contribution < -0.4 is 10.6 Å². The van der Waals surface area contributed by atoms with Crippen molar-refractivity contribution >= 4 is 44.5 Å². The minimum atomic E-state index is -0.157. The fraction of sp³-hybridized carbons (Fsp3) is 0.220. The summed E-state index contributed by atoms with van der Waals surface area (Å²) in [7, 11) is 0. The van der Waals surface area contributed by atoms with Crippen molar-refractivity contribution in [2.45, 2.75) is 51.9 Å². The second-order valence-electron chi connectivity index (χ2n) is 14.4. The largest absolute Gasteiger partial charge is 0.294 e. The van der Waals surface area contributed by atoms with Gasteiger partial charge in [0.25, 0.3) is 0 Å². The van der Waals surface area contributed by atoms with Crippen molar-refractivity contribution < 1.29 is 0 Å². The molecule has 0 spiro atoms. The first-order valence-corrected chi connectivity index (χ1v) is 16.2. The van der Waals surface area contributed by atoms with Gasteiger partial charge in [0.15, 0.2) is 0 Å². The zero-order chi connectivity index (χ0) is 30.4. The van der Waals surface area contributed by atoms with Crippen LogP contribution in [-0.4, -0.2) is 19.1 Å². The maximum atomic E-state index is 4.96. The number of rotatable bonds is 1. The molecule has 7 aromatic rings. The zero-order valence-corrected chi connectivity index (χ0v) is 26.3. The molecule has 1 unspecified atom stereocenters. The number of fused-ring (bicyclic) bond motifs is 10. The number of benzene rings is 3. The minimum Gasteiger partial charge on any atom is -0.294 e. The van der Waals surface area contributed by atoms with Gasteiger partial charge >= 0.3 is 0 Å². The van der Waals surface area contributed by atoms with Gasteiger partial charge in [-0.05, 0) is 82.6 Å². The SMILES string of the molecule is CC1CC=c2c3n(c4ccc(-c5ccc6c(c5)C(C)(C)c5cccc7c8cccnc8n-6c57)cc24)-c2ncccc2C(C)(C)C=31. The first-order chi connectivity index (χ1) is 21.8. The van der Waals surface area contributed by atoms with Crippen LogP contribution in [-0.2, 0) is 10.8 Å². The maximum absolute atomic E-state index is 4.96. The summed E-state index contributed by atoms with van der Waals surface area (Å²) in [6, 6.07) is 29.4. The molecule has 3 aliphatic rings. The fourth-order valence-electron chi connectivity index (χ4n) is 9.14. The molecular formula is C41H34N4. The molecule has 0 bridgehead atoms. The van der Waals surface area contributed by atoms with E-state index in [4.69, 9.17) is 9.97 Å². The molecule has 218 valence electrons. The average molecular weight is 583 g/mol. The highest BCUT2D eigenvalue weighted by Crippen LogP contribution is 2.48. The number of pyridine rings is 2. The highest BCUT2D eigenvalue weighted by atomic mass is 15.1. The summed E-state index contributed by atoms with van der Waals surface area (Å²) >= 11 is 0. The van der Waals surface area contributed by atoms with Gasteiger partial charge in [-0.1, -0.05) is 77.1 Å². The molecule has 1 aliphatic carbocycles. The van der Waals surface area contributed by atoms with Crippen molar-refractivity contribution in [1.82, 2.24) is 19.1 Å². The van der Waals surface area contributed by atoms with Crippen LogP contribution in [0.1, 0.15) is 57.7 Å². The van der Waals surface area contributed by atoms with E-state index in [2.05, 4.69) is 123 Å². The standard InChI is InChI=1S/C41H34N4/c1-23-13-16-27-29-21-24(14-17-33(29)44-37(27)35(23)41(4,5)31-12-8-20-43-39(31)44)25-15-18-34-32(22-25)40(2,3)30-11-6-9-26-28-10-7-19-42-38(28)45(34)36(26)30/h6-12,14-23H,13H2,1-5H3. The molecule has 45 heavy (non-hydrogen) atoms. The van der Waals surface area contributed by atoms with Gasteiger partial charge in [-0.2, -0.15) is 0 Å². The summed E-state index contributed by atoms with van der Waals surface area (Å²) in [5, 5.41) is 6.52. The number of para-hydroxylation sites is 1. The first-order valence-electron chi connectivity index (χ1n) is 16.2. The van der Waals surface area contributed by atoms with Crippen LogP contribution in [0.2, 0.25) is 0 Å². The fourth-order valence-corrected chi connectivity index (χ4v) is 9.14. The topological polar surface area (TPSA) is 35.6 Å². The van der Waals surface area contributed by atoms with Crippen LogP contribution in [0.15, 0.2) is 91.3 Å². The Morgan fingerprint density at radius 1 is 0.689 bits per heavy atom. The van der Waals surface area contributed by atoms with Gasteiger partial charge in [0.1, 0.15) is 11.5 Å². The summed E-state index contributed by atoms with van der Waals surface area (Å²) in [5.74, 6) is 1.56. The lowest BCUT2D eigenvalue weighted by Gasteiger charge is -2.38. The van der Waals surface area contributed by atoms with Crippen LogP contribution >= 0.6 is 0 Å². The Morgan fingerprint density at radius 3 is 2.33 bits per heavy atom. The number of hydrogen-bond acceptors (Lipinski definition) is 2. The van der Waals surface area contributed by atoms with Gasteiger partial charge < -0.3 is 0 Å². The lowest BCUT2D eigenvalue weighted by atomic mass is 9.69. The predicted molar refractivity (Wildman–Crippen MR) is 185 cm³/mol. The third-order valence-corrected chi connectivity index (χ3v) is 11.2. The van der Waals surface area contributed by atoms with Gasteiger partial charge in [0, 0.05) is 50.2 Å². The van der Waals surface area contributed by atoms with E-state index < -0.39 is 0 Å². The van der Waals surface area contributed by atoms with Crippen LogP contribution in [0.5, 0.6) is 0 Å². The molecule has 0 saturated carbocycles. The van der Waals surface area contributed by atoms with E-state index in [1.54, 1.807) is 0 Å². The summed E-state index contributed by atoms with van der Waals surface area (Å²) in [6.45, 7) is 11.9. The molecule has 1 atom stereocenters. The van der Waals surface area contributed by atoms with Crippen molar-refractivity contribution in [3.05, 3.63) is 119 Å². The normalized spacial score (nSPS) is 18.5. The highest BCUT2D eigenvalue weighted by Gasteiger charge is 2.39. The molecule has 4 heteroatoms. The molecule has 4 nitrogen and oxygen atoms in total. The molecule has 6 heterocycles. The molecule has 0 N–H and O–H groups in total. The van der Waals surface area contributed by atoms with Gasteiger partial charge in [0.2, 0.25) is 0 Å². The van der Waals surface area contributed by atoms with E-state index in [-0.39, 0.29) is 10.8 Å². The van der Waals surface area contributed by atoms with Crippen molar-refractivity contribution in [3.63, 3.8) is 0 Å². The lowest BCUT2D eigenvalue weighted by molar-refractivity contribution is 0.573. The minimum absolute atomic E-state index is 0.0670. The summed E-state index contributed by atoms with van der Waals surface area (Å²) < 4.78 is 4.83. The van der Waals surface area contributed by atoms with Crippen LogP contribution in [0, 0.1) is 5.92 Å². The Bertz CT molecular complexity index is 2590. The van der Waals surface area contributed by atoms with E-state index in [0.29, 0.717) is 5.92 Å². The van der Waals surface area contributed by atoms with Gasteiger partial charge in [-0.25, -0.2) is 9.97 Å². The van der Waals surface area contributed by atoms with Crippen LogP contribution in [0.3, 0.4) is 0 Å². The van der Waals surface area contributed by atoms with Gasteiger partial charge in [0.05, 0.1) is 22.1 Å². The molecule has 3 aromatic carbocycles. The summed E-state index contributed by atoms with van der Waals surface area (Å²) in [6.07, 6.45) is 7.38. The highest BCUT2D eigenvalue weighted by molar-refractivity contribution is 6.10. The Labute approximate surface area is 262 Å². The first kappa shape index (κ1) is 25.4. The monoisotopic (exact) mass is 582 g/mol. The van der Waals surface area contributed by atoms with Gasteiger partial charge in [-0.3, -0.25) is 9.13 Å². The maximum Gasteiger partial charge on any atom is 0.145 e. The molecule has 2 aliphatic heterocycles. The molecule has 4 aromatic heterocycles. The van der Waals surface area contributed by atoms with E-state index in [1.807, 2.05) is 18.5 Å². The second kappa shape index (κ2) is 8.19. The lowest BCUT2D eigenvalue weighted by Crippen LogP contribution is -2.45. The summed E-state index contributed by atoms with van der Waals surface area (Å²) in [5.41, 5.74) is 12.6. The molecular weight excluding hydrogens is 548 g/mol. The summed E-state index contributed by atoms with van der Waals surface area (Å²) in [4.78, 5) is 9.83. The number of nitrogens with zero attached hydrogens (tertiary/aromatic N) is 4. The van der Waals surface area contributed by atoms with E-state index in [0.717, 1.165) is 17.9 Å². The molecule has 0 fully saturated rings. The third-order valence-electron chi connectivity index (χ3n) is 11.2. The molecule has 0 radical (unpaired) electrons. The van der Waals surface area contributed by atoms with Crippen molar-refractivity contribution in [2.75, 3.05) is 0 Å². The smallest absolute Gasteiger partial charge is 0.145 e. The van der Waals surface area contributed by atoms with Crippen LogP contribution in [0.25, 0.3) is 67.1 Å². The Morgan fingerprint density at radius 2 is 1.44 bits per heavy atom. The molecule has 10 rings (SSSR count). The Hall–Kier alpha value is -4.96.